The highest BCUT2D eigenvalue weighted by Gasteiger charge is 2.49. The Bertz CT molecular complexity index is 191. The van der Waals surface area contributed by atoms with Gasteiger partial charge in [-0.1, -0.05) is 0 Å². The van der Waals surface area contributed by atoms with Gasteiger partial charge in [0.25, 0.3) is 0 Å². The molecule has 0 aliphatic heterocycles. The molecule has 6 heteroatoms. The van der Waals surface area contributed by atoms with Gasteiger partial charge >= 0.3 is 0 Å². The Labute approximate surface area is 109 Å². The van der Waals surface area contributed by atoms with Crippen molar-refractivity contribution < 1.29 is 28.4 Å². The van der Waals surface area contributed by atoms with E-state index in [1.807, 2.05) is 13.8 Å². The monoisotopic (exact) mass is 266 g/mol. The van der Waals surface area contributed by atoms with Gasteiger partial charge in [0.15, 0.2) is 18.2 Å². The summed E-state index contributed by atoms with van der Waals surface area (Å²) in [5.41, 5.74) is -0.982. The van der Waals surface area contributed by atoms with Crippen LogP contribution in [-0.4, -0.2) is 66.4 Å². The van der Waals surface area contributed by atoms with Crippen LogP contribution < -0.4 is 0 Å². The summed E-state index contributed by atoms with van der Waals surface area (Å²) in [6.07, 6.45) is -1.30. The molecule has 0 spiro atoms. The Hall–Kier alpha value is -0.240. The molecular weight excluding hydrogens is 240 g/mol. The first-order chi connectivity index (χ1) is 8.66. The third-order valence-corrected chi connectivity index (χ3v) is 2.61. The summed E-state index contributed by atoms with van der Waals surface area (Å²) in [7, 11) is 6.19. The van der Waals surface area contributed by atoms with E-state index < -0.39 is 18.2 Å². The average molecular weight is 266 g/mol. The number of rotatable bonds is 11. The molecule has 0 aromatic heterocycles. The van der Waals surface area contributed by atoms with E-state index in [0.29, 0.717) is 13.2 Å². The van der Waals surface area contributed by atoms with Crippen LogP contribution in [0.1, 0.15) is 13.8 Å². The van der Waals surface area contributed by atoms with Gasteiger partial charge in [-0.15, -0.1) is 0 Å². The molecule has 0 N–H and O–H groups in total. The molecule has 0 aliphatic carbocycles. The molecule has 0 fully saturated rings. The zero-order valence-electron chi connectivity index (χ0n) is 12.2. The van der Waals surface area contributed by atoms with Crippen molar-refractivity contribution in [1.82, 2.24) is 0 Å². The fourth-order valence-corrected chi connectivity index (χ4v) is 1.85. The fourth-order valence-electron chi connectivity index (χ4n) is 1.85. The Balaban J connectivity index is 5.20. The van der Waals surface area contributed by atoms with Crippen LogP contribution in [0.2, 0.25) is 0 Å². The van der Waals surface area contributed by atoms with Crippen LogP contribution in [0.5, 0.6) is 0 Å². The molecule has 0 radical (unpaired) electrons. The first kappa shape index (κ1) is 17.8. The van der Waals surface area contributed by atoms with Gasteiger partial charge in [0.1, 0.15) is 0 Å². The van der Waals surface area contributed by atoms with E-state index in [4.69, 9.17) is 28.4 Å². The topological polar surface area (TPSA) is 55.4 Å². The molecule has 1 atom stereocenters. The highest BCUT2D eigenvalue weighted by Crippen LogP contribution is 2.27. The number of hydrogen-bond acceptors (Lipinski definition) is 6. The standard InChI is InChI=1S/C12H26O6/c1-7-17-11(18-8-2)12(16-6,9-13-3)10(14-4)15-5/h10-11H,7-9H2,1-6H3. The summed E-state index contributed by atoms with van der Waals surface area (Å²) < 4.78 is 32.5. The first-order valence-corrected chi connectivity index (χ1v) is 5.99. The average Bonchev–Trinajstić information content (AvgIpc) is 2.38. The lowest BCUT2D eigenvalue weighted by atomic mass is 10.0. The van der Waals surface area contributed by atoms with Gasteiger partial charge in [-0.3, -0.25) is 0 Å². The number of methoxy groups -OCH3 is 4. The van der Waals surface area contributed by atoms with E-state index in [-0.39, 0.29) is 6.61 Å². The summed E-state index contributed by atoms with van der Waals surface area (Å²) in [5.74, 6) is 0. The minimum absolute atomic E-state index is 0.223. The van der Waals surface area contributed by atoms with E-state index in [1.165, 1.54) is 14.2 Å². The van der Waals surface area contributed by atoms with E-state index in [0.717, 1.165) is 0 Å². The van der Waals surface area contributed by atoms with E-state index in [1.54, 1.807) is 14.2 Å². The summed E-state index contributed by atoms with van der Waals surface area (Å²) >= 11 is 0. The predicted molar refractivity (Wildman–Crippen MR) is 66.5 cm³/mol. The largest absolute Gasteiger partial charge is 0.381 e. The molecule has 0 saturated heterocycles. The van der Waals surface area contributed by atoms with Crippen molar-refractivity contribution in [1.29, 1.82) is 0 Å². The molecule has 0 aromatic rings. The lowest BCUT2D eigenvalue weighted by molar-refractivity contribution is -0.329. The smallest absolute Gasteiger partial charge is 0.193 e. The molecule has 6 nitrogen and oxygen atoms in total. The van der Waals surface area contributed by atoms with Crippen molar-refractivity contribution in [3.8, 4) is 0 Å². The third kappa shape index (κ3) is 4.15. The van der Waals surface area contributed by atoms with Crippen molar-refractivity contribution in [2.24, 2.45) is 0 Å². The molecule has 0 rings (SSSR count). The van der Waals surface area contributed by atoms with Crippen molar-refractivity contribution in [3.05, 3.63) is 0 Å². The van der Waals surface area contributed by atoms with Crippen LogP contribution in [0.4, 0.5) is 0 Å². The van der Waals surface area contributed by atoms with Crippen molar-refractivity contribution in [2.45, 2.75) is 32.0 Å². The van der Waals surface area contributed by atoms with Gasteiger partial charge in [-0.05, 0) is 13.8 Å². The van der Waals surface area contributed by atoms with Gasteiger partial charge in [0.2, 0.25) is 0 Å². The number of ether oxygens (including phenoxy) is 6. The molecule has 110 valence electrons. The van der Waals surface area contributed by atoms with Crippen LogP contribution >= 0.6 is 0 Å². The molecule has 0 aliphatic rings. The molecule has 18 heavy (non-hydrogen) atoms. The second-order valence-electron chi connectivity index (χ2n) is 3.64. The fraction of sp³-hybridized carbons (Fsp3) is 1.00. The van der Waals surface area contributed by atoms with Crippen LogP contribution in [0, 0.1) is 0 Å². The van der Waals surface area contributed by atoms with Crippen molar-refractivity contribution in [3.63, 3.8) is 0 Å². The Morgan fingerprint density at radius 1 is 0.833 bits per heavy atom. The molecule has 0 heterocycles. The Morgan fingerprint density at radius 3 is 1.61 bits per heavy atom. The van der Waals surface area contributed by atoms with Gasteiger partial charge in [-0.2, -0.15) is 0 Å². The second kappa shape index (κ2) is 9.66. The molecule has 0 aromatic carbocycles. The van der Waals surface area contributed by atoms with E-state index in [2.05, 4.69) is 0 Å². The second-order valence-corrected chi connectivity index (χ2v) is 3.64. The SMILES string of the molecule is CCOC(OCC)C(COC)(OC)C(OC)OC. The third-order valence-electron chi connectivity index (χ3n) is 2.61. The van der Waals surface area contributed by atoms with Crippen LogP contribution in [0.15, 0.2) is 0 Å². The maximum atomic E-state index is 5.59. The maximum Gasteiger partial charge on any atom is 0.193 e. The van der Waals surface area contributed by atoms with Crippen LogP contribution in [-0.2, 0) is 28.4 Å². The quantitative estimate of drug-likeness (QED) is 0.521. The minimum Gasteiger partial charge on any atom is -0.381 e. The molecule has 0 amide bonds. The highest BCUT2D eigenvalue weighted by molar-refractivity contribution is 4.89. The lowest BCUT2D eigenvalue weighted by Gasteiger charge is -2.41. The van der Waals surface area contributed by atoms with Crippen LogP contribution in [0.3, 0.4) is 0 Å². The predicted octanol–water partition coefficient (Wildman–Crippen LogP) is 1.04. The summed E-state index contributed by atoms with van der Waals surface area (Å²) in [5, 5.41) is 0. The van der Waals surface area contributed by atoms with E-state index in [9.17, 15) is 0 Å². The zero-order chi connectivity index (χ0) is 14.0. The number of hydrogen-bond donors (Lipinski definition) is 0. The first-order valence-electron chi connectivity index (χ1n) is 5.99. The molecule has 1 unspecified atom stereocenters. The molecule has 0 bridgehead atoms. The molecule has 0 saturated carbocycles. The normalized spacial score (nSPS) is 15.3. The minimum atomic E-state index is -0.982. The zero-order valence-corrected chi connectivity index (χ0v) is 12.2. The highest BCUT2D eigenvalue weighted by atomic mass is 16.7. The van der Waals surface area contributed by atoms with Gasteiger partial charge in [0.05, 0.1) is 6.61 Å². The van der Waals surface area contributed by atoms with Gasteiger partial charge < -0.3 is 28.4 Å². The molecular formula is C12H26O6. The summed E-state index contributed by atoms with van der Waals surface area (Å²) in [6.45, 7) is 4.96. The Morgan fingerprint density at radius 2 is 1.33 bits per heavy atom. The van der Waals surface area contributed by atoms with Crippen molar-refractivity contribution in [2.75, 3.05) is 48.3 Å². The van der Waals surface area contributed by atoms with Gasteiger partial charge in [0, 0.05) is 41.7 Å². The lowest BCUT2D eigenvalue weighted by Crippen LogP contribution is -2.60. The van der Waals surface area contributed by atoms with Crippen LogP contribution in [0.25, 0.3) is 0 Å². The summed E-state index contributed by atoms with van der Waals surface area (Å²) in [4.78, 5) is 0. The van der Waals surface area contributed by atoms with Crippen molar-refractivity contribution >= 4 is 0 Å². The van der Waals surface area contributed by atoms with E-state index >= 15 is 0 Å². The maximum absolute atomic E-state index is 5.59. The summed E-state index contributed by atoms with van der Waals surface area (Å²) in [6, 6.07) is 0. The van der Waals surface area contributed by atoms with Gasteiger partial charge in [-0.25, -0.2) is 0 Å². The Kier molecular flexibility index (Phi) is 9.53.